The SMILES string of the molecule is CCC(N)C(c1ccc(F)cc1)N1CC(CO)OCC1C. The average molecular weight is 296 g/mol. The fourth-order valence-corrected chi connectivity index (χ4v) is 2.90. The van der Waals surface area contributed by atoms with Gasteiger partial charge in [0.1, 0.15) is 5.82 Å². The van der Waals surface area contributed by atoms with Crippen molar-refractivity contribution in [3.8, 4) is 0 Å². The van der Waals surface area contributed by atoms with Crippen LogP contribution < -0.4 is 5.73 Å². The van der Waals surface area contributed by atoms with Crippen LogP contribution in [0, 0.1) is 5.82 Å². The van der Waals surface area contributed by atoms with Crippen LogP contribution in [0.25, 0.3) is 0 Å². The van der Waals surface area contributed by atoms with Gasteiger partial charge in [-0.25, -0.2) is 4.39 Å². The van der Waals surface area contributed by atoms with Gasteiger partial charge in [0.15, 0.2) is 0 Å². The molecule has 1 aliphatic heterocycles. The second-order valence-corrected chi connectivity index (χ2v) is 5.75. The van der Waals surface area contributed by atoms with Gasteiger partial charge < -0.3 is 15.6 Å². The first kappa shape index (κ1) is 16.4. The van der Waals surface area contributed by atoms with Crippen LogP contribution in [0.1, 0.15) is 31.9 Å². The van der Waals surface area contributed by atoms with Crippen molar-refractivity contribution in [1.29, 1.82) is 0 Å². The van der Waals surface area contributed by atoms with Crippen LogP contribution in [0.4, 0.5) is 4.39 Å². The minimum Gasteiger partial charge on any atom is -0.394 e. The van der Waals surface area contributed by atoms with E-state index >= 15 is 0 Å². The molecule has 2 rings (SSSR count). The molecule has 0 aliphatic carbocycles. The molecular formula is C16H25FN2O2. The molecule has 4 nitrogen and oxygen atoms in total. The number of hydrogen-bond donors (Lipinski definition) is 2. The number of morpholine rings is 1. The van der Waals surface area contributed by atoms with Gasteiger partial charge in [-0.3, -0.25) is 4.90 Å². The first-order valence-corrected chi connectivity index (χ1v) is 7.56. The number of nitrogens with zero attached hydrogens (tertiary/aromatic N) is 1. The predicted octanol–water partition coefficient (Wildman–Crippen LogP) is 1.69. The lowest BCUT2D eigenvalue weighted by molar-refractivity contribution is -0.0948. The van der Waals surface area contributed by atoms with E-state index in [2.05, 4.69) is 18.7 Å². The maximum atomic E-state index is 13.2. The molecule has 0 radical (unpaired) electrons. The summed E-state index contributed by atoms with van der Waals surface area (Å²) in [5, 5.41) is 9.35. The summed E-state index contributed by atoms with van der Waals surface area (Å²) in [6, 6.07) is 6.70. The molecule has 1 aliphatic rings. The van der Waals surface area contributed by atoms with E-state index in [1.54, 1.807) is 12.1 Å². The lowest BCUT2D eigenvalue weighted by Gasteiger charge is -2.44. The number of aliphatic hydroxyl groups is 1. The van der Waals surface area contributed by atoms with Gasteiger partial charge in [0, 0.05) is 18.6 Å². The van der Waals surface area contributed by atoms with Crippen molar-refractivity contribution >= 4 is 0 Å². The van der Waals surface area contributed by atoms with Gasteiger partial charge in [-0.1, -0.05) is 19.1 Å². The van der Waals surface area contributed by atoms with Crippen molar-refractivity contribution in [2.75, 3.05) is 19.8 Å². The molecular weight excluding hydrogens is 271 g/mol. The maximum Gasteiger partial charge on any atom is 0.123 e. The highest BCUT2D eigenvalue weighted by molar-refractivity contribution is 5.22. The molecule has 0 spiro atoms. The summed E-state index contributed by atoms with van der Waals surface area (Å²) in [7, 11) is 0. The number of rotatable bonds is 5. The molecule has 118 valence electrons. The molecule has 5 heteroatoms. The van der Waals surface area contributed by atoms with Crippen LogP contribution in [0.2, 0.25) is 0 Å². The highest BCUT2D eigenvalue weighted by atomic mass is 19.1. The van der Waals surface area contributed by atoms with Crippen LogP contribution in [0.3, 0.4) is 0 Å². The number of ether oxygens (including phenoxy) is 1. The summed E-state index contributed by atoms with van der Waals surface area (Å²) in [5.41, 5.74) is 7.34. The van der Waals surface area contributed by atoms with Gasteiger partial charge in [0.05, 0.1) is 25.4 Å². The lowest BCUT2D eigenvalue weighted by Crippen LogP contribution is -2.54. The van der Waals surface area contributed by atoms with Crippen molar-refractivity contribution in [1.82, 2.24) is 4.90 Å². The Balaban J connectivity index is 2.28. The van der Waals surface area contributed by atoms with Gasteiger partial charge in [-0.15, -0.1) is 0 Å². The third-order valence-electron chi connectivity index (χ3n) is 4.20. The minimum atomic E-state index is -0.245. The van der Waals surface area contributed by atoms with Gasteiger partial charge in [0.2, 0.25) is 0 Å². The maximum absolute atomic E-state index is 13.2. The van der Waals surface area contributed by atoms with Gasteiger partial charge >= 0.3 is 0 Å². The smallest absolute Gasteiger partial charge is 0.123 e. The topological polar surface area (TPSA) is 58.7 Å². The Labute approximate surface area is 125 Å². The second-order valence-electron chi connectivity index (χ2n) is 5.75. The van der Waals surface area contributed by atoms with E-state index in [1.807, 2.05) is 0 Å². The Morgan fingerprint density at radius 2 is 2.10 bits per heavy atom. The molecule has 0 bridgehead atoms. The standard InChI is InChI=1S/C16H25FN2O2/c1-3-15(18)16(12-4-6-13(17)7-5-12)19-8-14(9-20)21-10-11(19)2/h4-7,11,14-16,20H,3,8-10,18H2,1-2H3. The summed E-state index contributed by atoms with van der Waals surface area (Å²) < 4.78 is 18.8. The van der Waals surface area contributed by atoms with Crippen molar-refractivity contribution in [3.63, 3.8) is 0 Å². The minimum absolute atomic E-state index is 0.000715. The summed E-state index contributed by atoms with van der Waals surface area (Å²) in [5.74, 6) is -0.245. The quantitative estimate of drug-likeness (QED) is 0.868. The number of aliphatic hydroxyl groups excluding tert-OH is 1. The van der Waals surface area contributed by atoms with Crippen LogP contribution in [0.15, 0.2) is 24.3 Å². The molecule has 4 atom stereocenters. The summed E-state index contributed by atoms with van der Waals surface area (Å²) in [6.45, 7) is 5.34. The molecule has 1 aromatic carbocycles. The molecule has 0 aromatic heterocycles. The van der Waals surface area contributed by atoms with E-state index in [0.717, 1.165) is 12.0 Å². The van der Waals surface area contributed by atoms with Crippen molar-refractivity contribution in [3.05, 3.63) is 35.6 Å². The molecule has 1 fully saturated rings. The van der Waals surface area contributed by atoms with Gasteiger partial charge in [-0.2, -0.15) is 0 Å². The average Bonchev–Trinajstić information content (AvgIpc) is 2.51. The normalized spacial score (nSPS) is 26.5. The zero-order chi connectivity index (χ0) is 15.4. The van der Waals surface area contributed by atoms with E-state index in [4.69, 9.17) is 10.5 Å². The van der Waals surface area contributed by atoms with Crippen LogP contribution in [-0.2, 0) is 4.74 Å². The number of benzene rings is 1. The number of nitrogens with two attached hydrogens (primary N) is 1. The van der Waals surface area contributed by atoms with Crippen LogP contribution in [-0.4, -0.2) is 48.0 Å². The molecule has 4 unspecified atom stereocenters. The molecule has 0 saturated carbocycles. The highest BCUT2D eigenvalue weighted by Gasteiger charge is 2.34. The Kier molecular flexibility index (Phi) is 5.70. The second kappa shape index (κ2) is 7.31. The van der Waals surface area contributed by atoms with E-state index in [-0.39, 0.29) is 36.7 Å². The Bertz CT molecular complexity index is 440. The molecule has 3 N–H and O–H groups in total. The first-order valence-electron chi connectivity index (χ1n) is 7.56. The summed E-state index contributed by atoms with van der Waals surface area (Å²) >= 11 is 0. The zero-order valence-corrected chi connectivity index (χ0v) is 12.7. The monoisotopic (exact) mass is 296 g/mol. The molecule has 1 aromatic rings. The molecule has 21 heavy (non-hydrogen) atoms. The van der Waals surface area contributed by atoms with E-state index in [9.17, 15) is 9.50 Å². The fourth-order valence-electron chi connectivity index (χ4n) is 2.90. The summed E-state index contributed by atoms with van der Waals surface area (Å²) in [4.78, 5) is 2.27. The van der Waals surface area contributed by atoms with Crippen molar-refractivity contribution in [2.45, 2.75) is 44.5 Å². The van der Waals surface area contributed by atoms with E-state index in [1.165, 1.54) is 12.1 Å². The Morgan fingerprint density at radius 3 is 2.67 bits per heavy atom. The van der Waals surface area contributed by atoms with Crippen molar-refractivity contribution < 1.29 is 14.2 Å². The van der Waals surface area contributed by atoms with E-state index in [0.29, 0.717) is 13.2 Å². The van der Waals surface area contributed by atoms with Gasteiger partial charge in [0.25, 0.3) is 0 Å². The molecule has 1 heterocycles. The van der Waals surface area contributed by atoms with Crippen molar-refractivity contribution in [2.24, 2.45) is 5.73 Å². The lowest BCUT2D eigenvalue weighted by atomic mass is 9.94. The third kappa shape index (κ3) is 3.80. The highest BCUT2D eigenvalue weighted by Crippen LogP contribution is 2.29. The molecule has 0 amide bonds. The first-order chi connectivity index (χ1) is 10.1. The number of halogens is 1. The molecule has 1 saturated heterocycles. The van der Waals surface area contributed by atoms with Crippen LogP contribution >= 0.6 is 0 Å². The third-order valence-corrected chi connectivity index (χ3v) is 4.20. The zero-order valence-electron chi connectivity index (χ0n) is 12.7. The predicted molar refractivity (Wildman–Crippen MR) is 80.4 cm³/mol. The largest absolute Gasteiger partial charge is 0.394 e. The Morgan fingerprint density at radius 1 is 1.43 bits per heavy atom. The number of hydrogen-bond acceptors (Lipinski definition) is 4. The van der Waals surface area contributed by atoms with Gasteiger partial charge in [-0.05, 0) is 31.0 Å². The van der Waals surface area contributed by atoms with Crippen LogP contribution in [0.5, 0.6) is 0 Å². The fraction of sp³-hybridized carbons (Fsp3) is 0.625. The Hall–Kier alpha value is -1.01. The van der Waals surface area contributed by atoms with E-state index < -0.39 is 0 Å². The summed E-state index contributed by atoms with van der Waals surface area (Å²) in [6.07, 6.45) is 0.642.